The molecule has 1 aliphatic rings. The Balaban J connectivity index is 1.67. The van der Waals surface area contributed by atoms with Gasteiger partial charge in [-0.3, -0.25) is 14.5 Å². The Labute approximate surface area is 187 Å². The number of carbonyl (C=O) groups is 2. The van der Waals surface area contributed by atoms with Crippen LogP contribution in [0.4, 0.5) is 4.79 Å². The molecule has 1 saturated heterocycles. The predicted molar refractivity (Wildman–Crippen MR) is 127 cm³/mol. The molecule has 158 valence electrons. The van der Waals surface area contributed by atoms with Crippen molar-refractivity contribution in [3.8, 4) is 5.69 Å². The molecule has 0 spiro atoms. The van der Waals surface area contributed by atoms with E-state index in [-0.39, 0.29) is 11.1 Å². The lowest BCUT2D eigenvalue weighted by Crippen LogP contribution is -2.27. The van der Waals surface area contributed by atoms with Crippen LogP contribution in [0.5, 0.6) is 0 Å². The van der Waals surface area contributed by atoms with Gasteiger partial charge in [0.15, 0.2) is 0 Å². The second kappa shape index (κ2) is 8.23. The Morgan fingerprint density at radius 1 is 0.903 bits per heavy atom. The van der Waals surface area contributed by atoms with Crippen LogP contribution in [0.15, 0.2) is 53.4 Å². The zero-order valence-corrected chi connectivity index (χ0v) is 19.3. The van der Waals surface area contributed by atoms with Crippen molar-refractivity contribution < 1.29 is 9.59 Å². The van der Waals surface area contributed by atoms with Crippen molar-refractivity contribution in [1.29, 1.82) is 0 Å². The number of carbonyl (C=O) groups excluding carboxylic acids is 2. The fourth-order valence-electron chi connectivity index (χ4n) is 4.02. The van der Waals surface area contributed by atoms with Gasteiger partial charge < -0.3 is 4.57 Å². The van der Waals surface area contributed by atoms with E-state index in [0.717, 1.165) is 45.5 Å². The van der Waals surface area contributed by atoms with Crippen LogP contribution in [-0.2, 0) is 11.3 Å². The molecule has 0 saturated carbocycles. The zero-order chi connectivity index (χ0) is 22.3. The molecule has 4 rings (SSSR count). The van der Waals surface area contributed by atoms with E-state index in [1.807, 2.05) is 37.3 Å². The highest BCUT2D eigenvalue weighted by Gasteiger charge is 2.35. The summed E-state index contributed by atoms with van der Waals surface area (Å²) in [7, 11) is 0. The summed E-state index contributed by atoms with van der Waals surface area (Å²) < 4.78 is 2.21. The summed E-state index contributed by atoms with van der Waals surface area (Å²) in [5, 5.41) is -0.220. The lowest BCUT2D eigenvalue weighted by atomic mass is 10.1. The fourth-order valence-corrected chi connectivity index (χ4v) is 4.85. The fraction of sp³-hybridized carbons (Fsp3) is 0.231. The van der Waals surface area contributed by atoms with E-state index < -0.39 is 0 Å². The lowest BCUT2D eigenvalue weighted by molar-refractivity contribution is -0.123. The van der Waals surface area contributed by atoms with Crippen molar-refractivity contribution in [2.45, 2.75) is 41.2 Å². The van der Waals surface area contributed by atoms with E-state index >= 15 is 0 Å². The molecule has 1 aliphatic heterocycles. The second-order valence-corrected chi connectivity index (χ2v) is 9.07. The van der Waals surface area contributed by atoms with Gasteiger partial charge >= 0.3 is 0 Å². The normalized spacial score (nSPS) is 15.4. The van der Waals surface area contributed by atoms with Gasteiger partial charge in [-0.05, 0) is 92.4 Å². The van der Waals surface area contributed by atoms with Crippen LogP contribution in [0.2, 0.25) is 0 Å². The summed E-state index contributed by atoms with van der Waals surface area (Å²) in [6.07, 6.45) is 1.85. The van der Waals surface area contributed by atoms with Crippen LogP contribution in [0.25, 0.3) is 11.8 Å². The molecule has 0 atom stereocenters. The van der Waals surface area contributed by atoms with Gasteiger partial charge in [0.2, 0.25) is 0 Å². The Bertz CT molecular complexity index is 1240. The van der Waals surface area contributed by atoms with Gasteiger partial charge in [0, 0.05) is 17.1 Å². The maximum Gasteiger partial charge on any atom is 0.293 e. The summed E-state index contributed by atoms with van der Waals surface area (Å²) in [4.78, 5) is 27.4. The van der Waals surface area contributed by atoms with Crippen LogP contribution >= 0.6 is 11.8 Å². The number of thioether (sulfide) groups is 1. The Hall–Kier alpha value is -3.05. The third kappa shape index (κ3) is 3.86. The Kier molecular flexibility index (Phi) is 5.63. The number of amides is 2. The summed E-state index contributed by atoms with van der Waals surface area (Å²) >= 11 is 1.02. The average Bonchev–Trinajstić information content (AvgIpc) is 3.15. The predicted octanol–water partition coefficient (Wildman–Crippen LogP) is 6.26. The molecule has 0 bridgehead atoms. The van der Waals surface area contributed by atoms with Crippen LogP contribution in [0, 0.1) is 34.6 Å². The molecule has 0 N–H and O–H groups in total. The first-order valence-electron chi connectivity index (χ1n) is 10.3. The number of hydrogen-bond donors (Lipinski definition) is 0. The van der Waals surface area contributed by atoms with Gasteiger partial charge in [-0.25, -0.2) is 0 Å². The van der Waals surface area contributed by atoms with Crippen LogP contribution in [0.3, 0.4) is 0 Å². The molecule has 2 heterocycles. The van der Waals surface area contributed by atoms with E-state index in [4.69, 9.17) is 0 Å². The van der Waals surface area contributed by atoms with Gasteiger partial charge in [0.1, 0.15) is 0 Å². The van der Waals surface area contributed by atoms with Crippen molar-refractivity contribution in [2.75, 3.05) is 0 Å². The average molecular weight is 431 g/mol. The first-order chi connectivity index (χ1) is 14.8. The van der Waals surface area contributed by atoms with Gasteiger partial charge in [0.05, 0.1) is 11.4 Å². The molecule has 0 aliphatic carbocycles. The molecule has 4 nitrogen and oxygen atoms in total. The first-order valence-corrected chi connectivity index (χ1v) is 11.1. The van der Waals surface area contributed by atoms with E-state index in [0.29, 0.717) is 11.4 Å². The van der Waals surface area contributed by atoms with Crippen molar-refractivity contribution >= 4 is 29.0 Å². The van der Waals surface area contributed by atoms with Crippen molar-refractivity contribution in [2.24, 2.45) is 0 Å². The Morgan fingerprint density at radius 3 is 2.35 bits per heavy atom. The van der Waals surface area contributed by atoms with Crippen molar-refractivity contribution in [3.63, 3.8) is 0 Å². The molecule has 3 aromatic rings. The Morgan fingerprint density at radius 2 is 1.61 bits per heavy atom. The maximum atomic E-state index is 13.0. The van der Waals surface area contributed by atoms with Crippen molar-refractivity contribution in [1.82, 2.24) is 9.47 Å². The SMILES string of the molecule is Cc1ccccc1CN1C(=O)S/C(=C\c2cc(C)n(-c3cccc(C)c3C)c2C)C1=O. The van der Waals surface area contributed by atoms with E-state index in [2.05, 4.69) is 56.5 Å². The molecule has 0 radical (unpaired) electrons. The van der Waals surface area contributed by atoms with Crippen LogP contribution < -0.4 is 0 Å². The summed E-state index contributed by atoms with van der Waals surface area (Å²) in [5.74, 6) is -0.227. The topological polar surface area (TPSA) is 42.3 Å². The van der Waals surface area contributed by atoms with Gasteiger partial charge in [-0.15, -0.1) is 0 Å². The first kappa shape index (κ1) is 21.2. The zero-order valence-electron chi connectivity index (χ0n) is 18.5. The summed E-state index contributed by atoms with van der Waals surface area (Å²) in [6, 6.07) is 16.2. The highest BCUT2D eigenvalue weighted by atomic mass is 32.2. The van der Waals surface area contributed by atoms with Crippen LogP contribution in [-0.4, -0.2) is 20.6 Å². The van der Waals surface area contributed by atoms with E-state index in [1.165, 1.54) is 16.0 Å². The standard InChI is InChI=1S/C26H26N2O2S/c1-16-10-8-12-23(19(16)4)28-18(3)13-22(20(28)5)14-24-25(29)27(26(30)31-24)15-21-11-7-6-9-17(21)2/h6-14H,15H2,1-5H3/b24-14-. The third-order valence-electron chi connectivity index (χ3n) is 6.04. The van der Waals surface area contributed by atoms with Gasteiger partial charge in [-0.2, -0.15) is 0 Å². The number of rotatable bonds is 4. The highest BCUT2D eigenvalue weighted by Crippen LogP contribution is 2.35. The minimum atomic E-state index is -0.227. The summed E-state index contributed by atoms with van der Waals surface area (Å²) in [5.41, 5.74) is 8.77. The number of benzene rings is 2. The lowest BCUT2D eigenvalue weighted by Gasteiger charge is -2.14. The van der Waals surface area contributed by atoms with E-state index in [9.17, 15) is 9.59 Å². The van der Waals surface area contributed by atoms with Crippen molar-refractivity contribution in [3.05, 3.63) is 92.6 Å². The molecule has 2 aromatic carbocycles. The molecule has 31 heavy (non-hydrogen) atoms. The largest absolute Gasteiger partial charge is 0.318 e. The molecule has 0 unspecified atom stereocenters. The highest BCUT2D eigenvalue weighted by molar-refractivity contribution is 8.18. The molecule has 1 aromatic heterocycles. The number of nitrogens with zero attached hydrogens (tertiary/aromatic N) is 2. The molecular formula is C26H26N2O2S. The third-order valence-corrected chi connectivity index (χ3v) is 6.94. The molecular weight excluding hydrogens is 404 g/mol. The molecule has 1 fully saturated rings. The monoisotopic (exact) mass is 430 g/mol. The number of aryl methyl sites for hydroxylation is 3. The second-order valence-electron chi connectivity index (χ2n) is 8.08. The maximum absolute atomic E-state index is 13.0. The number of hydrogen-bond acceptors (Lipinski definition) is 3. The minimum absolute atomic E-state index is 0.220. The van der Waals surface area contributed by atoms with Gasteiger partial charge in [0.25, 0.3) is 11.1 Å². The summed E-state index contributed by atoms with van der Waals surface area (Å²) in [6.45, 7) is 10.6. The van der Waals surface area contributed by atoms with Crippen LogP contribution in [0.1, 0.15) is 39.2 Å². The molecule has 2 amide bonds. The minimum Gasteiger partial charge on any atom is -0.318 e. The van der Waals surface area contributed by atoms with Gasteiger partial charge in [-0.1, -0.05) is 36.4 Å². The number of aromatic nitrogens is 1. The number of imide groups is 1. The molecule has 5 heteroatoms. The smallest absolute Gasteiger partial charge is 0.293 e. The van der Waals surface area contributed by atoms with E-state index in [1.54, 1.807) is 0 Å². The quantitative estimate of drug-likeness (QED) is 0.459.